The molecule has 1 aliphatic carbocycles. The fourth-order valence-corrected chi connectivity index (χ4v) is 6.11. The molecule has 2 heterocycles. The Hall–Kier alpha value is -0.110. The molecule has 5 unspecified atom stereocenters. The maximum Gasteiger partial charge on any atom is 0.0912 e. The van der Waals surface area contributed by atoms with Crippen LogP contribution in [-0.2, 0) is 4.74 Å². The van der Waals surface area contributed by atoms with Crippen LogP contribution in [0.2, 0.25) is 0 Å². The molecule has 1 saturated carbocycles. The third kappa shape index (κ3) is 1.61. The van der Waals surface area contributed by atoms with E-state index in [9.17, 15) is 0 Å². The molecule has 0 aromatic rings. The van der Waals surface area contributed by atoms with Gasteiger partial charge in [0, 0.05) is 16.4 Å². The minimum atomic E-state index is 0.843. The van der Waals surface area contributed by atoms with E-state index in [1.807, 2.05) is 19.3 Å². The van der Waals surface area contributed by atoms with Crippen molar-refractivity contribution in [2.75, 3.05) is 6.61 Å². The van der Waals surface area contributed by atoms with Crippen molar-refractivity contribution >= 4 is 11.8 Å². The molecule has 3 rings (SSSR count). The highest BCUT2D eigenvalue weighted by Gasteiger charge is 2.54. The van der Waals surface area contributed by atoms with Gasteiger partial charge in [0.15, 0.2) is 0 Å². The summed E-state index contributed by atoms with van der Waals surface area (Å²) in [4.78, 5) is 0. The lowest BCUT2D eigenvalue weighted by Gasteiger charge is -2.29. The van der Waals surface area contributed by atoms with Crippen molar-refractivity contribution in [3.8, 4) is 0 Å². The summed E-state index contributed by atoms with van der Waals surface area (Å²) in [5.41, 5.74) is 0. The molecule has 1 nitrogen and oxygen atoms in total. The van der Waals surface area contributed by atoms with E-state index in [1.165, 1.54) is 25.7 Å². The number of allylic oxidation sites excluding steroid dienone is 1. The molecule has 0 spiro atoms. The van der Waals surface area contributed by atoms with Crippen molar-refractivity contribution in [3.63, 3.8) is 0 Å². The first-order valence-electron chi connectivity index (χ1n) is 6.28. The van der Waals surface area contributed by atoms with Gasteiger partial charge in [0.05, 0.1) is 12.9 Å². The van der Waals surface area contributed by atoms with Gasteiger partial charge in [-0.3, -0.25) is 0 Å². The smallest absolute Gasteiger partial charge is 0.0912 e. The zero-order valence-corrected chi connectivity index (χ0v) is 10.2. The van der Waals surface area contributed by atoms with Gasteiger partial charge in [-0.2, -0.15) is 11.8 Å². The first-order valence-corrected chi connectivity index (χ1v) is 7.22. The van der Waals surface area contributed by atoms with E-state index in [1.54, 1.807) is 0 Å². The average Bonchev–Trinajstić information content (AvgIpc) is 2.89. The quantitative estimate of drug-likeness (QED) is 0.679. The second kappa shape index (κ2) is 4.04. The zero-order chi connectivity index (χ0) is 10.3. The van der Waals surface area contributed by atoms with E-state index in [2.05, 4.69) is 11.8 Å². The van der Waals surface area contributed by atoms with Gasteiger partial charge < -0.3 is 4.74 Å². The summed E-state index contributed by atoms with van der Waals surface area (Å²) < 4.78 is 5.57. The molecule has 0 aromatic heterocycles. The number of hydrogen-bond acceptors (Lipinski definition) is 2. The van der Waals surface area contributed by atoms with Gasteiger partial charge in [-0.1, -0.05) is 12.5 Å². The molecule has 2 saturated heterocycles. The highest BCUT2D eigenvalue weighted by atomic mass is 32.2. The van der Waals surface area contributed by atoms with E-state index in [-0.39, 0.29) is 0 Å². The maximum absolute atomic E-state index is 5.57. The van der Waals surface area contributed by atoms with Crippen LogP contribution in [0.4, 0.5) is 0 Å². The largest absolute Gasteiger partial charge is 0.501 e. The molecule has 0 radical (unpaired) electrons. The van der Waals surface area contributed by atoms with Crippen molar-refractivity contribution in [1.29, 1.82) is 0 Å². The van der Waals surface area contributed by atoms with Gasteiger partial charge in [0.25, 0.3) is 0 Å². The van der Waals surface area contributed by atoms with Crippen molar-refractivity contribution in [1.82, 2.24) is 0 Å². The number of ether oxygens (including phenoxy) is 1. The molecule has 5 atom stereocenters. The number of rotatable bonds is 3. The first kappa shape index (κ1) is 10.1. The van der Waals surface area contributed by atoms with E-state index in [0.29, 0.717) is 0 Å². The SMILES string of the molecule is C/C=C/OCC1CC2SC1C1CCCC21. The Kier molecular flexibility index (Phi) is 2.71. The lowest BCUT2D eigenvalue weighted by molar-refractivity contribution is 0.148. The highest BCUT2D eigenvalue weighted by molar-refractivity contribution is 8.01. The first-order chi connectivity index (χ1) is 7.40. The van der Waals surface area contributed by atoms with E-state index >= 15 is 0 Å². The Morgan fingerprint density at radius 3 is 3.07 bits per heavy atom. The Morgan fingerprint density at radius 2 is 2.20 bits per heavy atom. The average molecular weight is 224 g/mol. The van der Waals surface area contributed by atoms with Crippen LogP contribution in [0.1, 0.15) is 32.6 Å². The summed E-state index contributed by atoms with van der Waals surface area (Å²) in [6.07, 6.45) is 9.77. The minimum Gasteiger partial charge on any atom is -0.501 e. The van der Waals surface area contributed by atoms with Crippen LogP contribution in [0.3, 0.4) is 0 Å². The molecular weight excluding hydrogens is 204 g/mol. The highest BCUT2D eigenvalue weighted by Crippen LogP contribution is 2.61. The second-order valence-electron chi connectivity index (χ2n) is 5.20. The van der Waals surface area contributed by atoms with Gasteiger partial charge in [-0.15, -0.1) is 0 Å². The van der Waals surface area contributed by atoms with E-state index in [4.69, 9.17) is 4.74 Å². The van der Waals surface area contributed by atoms with Crippen LogP contribution >= 0.6 is 11.8 Å². The lowest BCUT2D eigenvalue weighted by Crippen LogP contribution is -2.31. The van der Waals surface area contributed by atoms with Crippen LogP contribution in [0, 0.1) is 17.8 Å². The van der Waals surface area contributed by atoms with Crippen molar-refractivity contribution < 1.29 is 4.74 Å². The molecule has 2 heteroatoms. The third-order valence-electron chi connectivity index (χ3n) is 4.40. The summed E-state index contributed by atoms with van der Waals surface area (Å²) in [5, 5.41) is 1.93. The third-order valence-corrected chi connectivity index (χ3v) is 6.34. The number of hydrogen-bond donors (Lipinski definition) is 0. The van der Waals surface area contributed by atoms with Crippen LogP contribution in [0.5, 0.6) is 0 Å². The van der Waals surface area contributed by atoms with E-state index < -0.39 is 0 Å². The van der Waals surface area contributed by atoms with Crippen molar-refractivity contribution in [2.24, 2.45) is 17.8 Å². The topological polar surface area (TPSA) is 9.23 Å². The Morgan fingerprint density at radius 1 is 1.33 bits per heavy atom. The van der Waals surface area contributed by atoms with Crippen LogP contribution in [0.15, 0.2) is 12.3 Å². The molecule has 2 bridgehead atoms. The molecule has 15 heavy (non-hydrogen) atoms. The summed E-state index contributed by atoms with van der Waals surface area (Å²) >= 11 is 2.29. The number of thioether (sulfide) groups is 1. The lowest BCUT2D eigenvalue weighted by atomic mass is 9.76. The van der Waals surface area contributed by atoms with Gasteiger partial charge >= 0.3 is 0 Å². The molecular formula is C13H20OS. The molecule has 2 aliphatic heterocycles. The van der Waals surface area contributed by atoms with E-state index in [0.717, 1.165) is 34.9 Å². The minimum absolute atomic E-state index is 0.843. The zero-order valence-electron chi connectivity index (χ0n) is 9.39. The molecule has 0 amide bonds. The van der Waals surface area contributed by atoms with Crippen LogP contribution in [0.25, 0.3) is 0 Å². The predicted molar refractivity (Wildman–Crippen MR) is 64.9 cm³/mol. The van der Waals surface area contributed by atoms with Gasteiger partial charge in [-0.25, -0.2) is 0 Å². The summed E-state index contributed by atoms with van der Waals surface area (Å²) in [5.74, 6) is 2.97. The maximum atomic E-state index is 5.57. The number of fused-ring (bicyclic) bond motifs is 5. The predicted octanol–water partition coefficient (Wildman–Crippen LogP) is 3.46. The normalized spacial score (nSPS) is 47.7. The Balaban J connectivity index is 1.61. The molecule has 0 N–H and O–H groups in total. The standard InChI is InChI=1S/C13H20OS/c1-2-6-14-8-9-7-12-10-4-3-5-11(10)13(9)15-12/h2,6,9-13H,3-5,7-8H2,1H3/b6-2+. The molecule has 84 valence electrons. The summed E-state index contributed by atoms with van der Waals surface area (Å²) in [6.45, 7) is 2.98. The second-order valence-corrected chi connectivity index (χ2v) is 6.62. The fraction of sp³-hybridized carbons (Fsp3) is 0.846. The van der Waals surface area contributed by atoms with Crippen molar-refractivity contribution in [3.05, 3.63) is 12.3 Å². The van der Waals surface area contributed by atoms with Gasteiger partial charge in [0.1, 0.15) is 0 Å². The monoisotopic (exact) mass is 224 g/mol. The van der Waals surface area contributed by atoms with Gasteiger partial charge in [0.2, 0.25) is 0 Å². The van der Waals surface area contributed by atoms with Gasteiger partial charge in [-0.05, 0) is 38.0 Å². The summed E-state index contributed by atoms with van der Waals surface area (Å²) in [7, 11) is 0. The fourth-order valence-electron chi connectivity index (χ4n) is 3.85. The van der Waals surface area contributed by atoms with Crippen LogP contribution < -0.4 is 0 Å². The summed E-state index contributed by atoms with van der Waals surface area (Å²) in [6, 6.07) is 0. The molecule has 3 aliphatic rings. The Bertz CT molecular complexity index is 263. The Labute approximate surface area is 96.6 Å². The molecule has 3 fully saturated rings. The van der Waals surface area contributed by atoms with Crippen LogP contribution in [-0.4, -0.2) is 17.1 Å². The van der Waals surface area contributed by atoms with Crippen molar-refractivity contribution in [2.45, 2.75) is 43.1 Å². The molecule has 0 aromatic carbocycles.